The Morgan fingerprint density at radius 3 is 3.00 bits per heavy atom. The summed E-state index contributed by atoms with van der Waals surface area (Å²) in [7, 11) is 0. The Hall–Kier alpha value is -1.52. The number of nitrogens with one attached hydrogen (secondary N) is 1. The first-order chi connectivity index (χ1) is 8.20. The quantitative estimate of drug-likeness (QED) is 0.811. The molecule has 3 rings (SSSR count). The minimum Gasteiger partial charge on any atom is -0.396 e. The van der Waals surface area contributed by atoms with Crippen molar-refractivity contribution in [2.45, 2.75) is 38.3 Å². The largest absolute Gasteiger partial charge is 0.396 e. The molecule has 2 aliphatic rings. The molecule has 3 N–H and O–H groups in total. The zero-order valence-electron chi connectivity index (χ0n) is 9.80. The van der Waals surface area contributed by atoms with Crippen LogP contribution in [0.5, 0.6) is 0 Å². The molecule has 1 amide bonds. The van der Waals surface area contributed by atoms with E-state index in [1.165, 1.54) is 19.3 Å². The Morgan fingerprint density at radius 1 is 1.53 bits per heavy atom. The fourth-order valence-corrected chi connectivity index (χ4v) is 3.29. The van der Waals surface area contributed by atoms with Crippen LogP contribution in [0.1, 0.15) is 25.7 Å². The summed E-state index contributed by atoms with van der Waals surface area (Å²) >= 11 is 0. The molecule has 0 saturated heterocycles. The number of aromatic nitrogens is 2. The maximum Gasteiger partial charge on any atom is 0.241 e. The third-order valence-electron chi connectivity index (χ3n) is 4.04. The maximum atomic E-state index is 11.8. The SMILES string of the molecule is Nc1cnn(CC(=O)NC2CC3CCC2C3)c1. The number of amides is 1. The molecule has 0 radical (unpaired) electrons. The molecule has 3 atom stereocenters. The fourth-order valence-electron chi connectivity index (χ4n) is 3.29. The second-order valence-corrected chi connectivity index (χ2v) is 5.32. The number of nitrogens with two attached hydrogens (primary N) is 1. The van der Waals surface area contributed by atoms with E-state index < -0.39 is 0 Å². The normalized spacial score (nSPS) is 30.7. The topological polar surface area (TPSA) is 72.9 Å². The molecule has 2 saturated carbocycles. The molecule has 2 fully saturated rings. The second kappa shape index (κ2) is 4.05. The number of hydrogen-bond acceptors (Lipinski definition) is 3. The van der Waals surface area contributed by atoms with Crippen LogP contribution in [0, 0.1) is 11.8 Å². The van der Waals surface area contributed by atoms with Gasteiger partial charge in [-0.15, -0.1) is 0 Å². The Labute approximate surface area is 100 Å². The van der Waals surface area contributed by atoms with Crippen molar-refractivity contribution < 1.29 is 4.79 Å². The van der Waals surface area contributed by atoms with E-state index in [0.29, 0.717) is 17.6 Å². The van der Waals surface area contributed by atoms with E-state index in [1.54, 1.807) is 17.1 Å². The van der Waals surface area contributed by atoms with Crippen molar-refractivity contribution in [2.24, 2.45) is 11.8 Å². The van der Waals surface area contributed by atoms with Gasteiger partial charge in [0.05, 0.1) is 11.9 Å². The van der Waals surface area contributed by atoms with E-state index in [2.05, 4.69) is 10.4 Å². The molecular formula is C12H18N4O. The van der Waals surface area contributed by atoms with Crippen LogP contribution >= 0.6 is 0 Å². The summed E-state index contributed by atoms with van der Waals surface area (Å²) in [5.74, 6) is 1.61. The number of rotatable bonds is 3. The Kier molecular flexibility index (Phi) is 2.53. The lowest BCUT2D eigenvalue weighted by atomic mass is 9.95. The highest BCUT2D eigenvalue weighted by atomic mass is 16.2. The summed E-state index contributed by atoms with van der Waals surface area (Å²) in [6.07, 6.45) is 8.35. The van der Waals surface area contributed by atoms with Crippen molar-refractivity contribution in [3.63, 3.8) is 0 Å². The van der Waals surface area contributed by atoms with Gasteiger partial charge in [-0.3, -0.25) is 9.48 Å². The first kappa shape index (κ1) is 10.6. The predicted molar refractivity (Wildman–Crippen MR) is 64.0 cm³/mol. The molecule has 0 aromatic carbocycles. The summed E-state index contributed by atoms with van der Waals surface area (Å²) < 4.78 is 1.58. The van der Waals surface area contributed by atoms with Crippen molar-refractivity contribution >= 4 is 11.6 Å². The van der Waals surface area contributed by atoms with Crippen LogP contribution in [-0.4, -0.2) is 21.7 Å². The highest BCUT2D eigenvalue weighted by Gasteiger charge is 2.39. The van der Waals surface area contributed by atoms with E-state index >= 15 is 0 Å². The molecular weight excluding hydrogens is 216 g/mol. The van der Waals surface area contributed by atoms with Crippen LogP contribution in [-0.2, 0) is 11.3 Å². The summed E-state index contributed by atoms with van der Waals surface area (Å²) in [6.45, 7) is 0.269. The summed E-state index contributed by atoms with van der Waals surface area (Å²) in [4.78, 5) is 11.8. The highest BCUT2D eigenvalue weighted by Crippen LogP contribution is 2.44. The van der Waals surface area contributed by atoms with Gasteiger partial charge in [-0.05, 0) is 31.1 Å². The first-order valence-electron chi connectivity index (χ1n) is 6.28. The zero-order valence-corrected chi connectivity index (χ0v) is 9.80. The molecule has 3 unspecified atom stereocenters. The smallest absolute Gasteiger partial charge is 0.241 e. The summed E-state index contributed by atoms with van der Waals surface area (Å²) in [5.41, 5.74) is 6.15. The zero-order chi connectivity index (χ0) is 11.8. The van der Waals surface area contributed by atoms with Crippen LogP contribution in [0.4, 0.5) is 5.69 Å². The molecule has 92 valence electrons. The Balaban J connectivity index is 1.54. The Morgan fingerprint density at radius 2 is 2.41 bits per heavy atom. The minimum absolute atomic E-state index is 0.0469. The standard InChI is InChI=1S/C12H18N4O/c13-10-5-14-16(6-10)7-12(17)15-11-4-8-1-2-9(11)3-8/h5-6,8-9,11H,1-4,7,13H2,(H,15,17). The van der Waals surface area contributed by atoms with Gasteiger partial charge in [-0.1, -0.05) is 6.42 Å². The first-order valence-corrected chi connectivity index (χ1v) is 6.28. The third-order valence-corrected chi connectivity index (χ3v) is 4.04. The third kappa shape index (κ3) is 2.14. The van der Waals surface area contributed by atoms with E-state index in [-0.39, 0.29) is 12.5 Å². The average Bonchev–Trinajstić information content (AvgIpc) is 2.95. The number of anilines is 1. The van der Waals surface area contributed by atoms with Gasteiger partial charge in [0.1, 0.15) is 6.54 Å². The Bertz CT molecular complexity index is 428. The lowest BCUT2D eigenvalue weighted by Gasteiger charge is -2.22. The molecule has 2 aliphatic carbocycles. The van der Waals surface area contributed by atoms with Gasteiger partial charge in [0, 0.05) is 12.2 Å². The fraction of sp³-hybridized carbons (Fsp3) is 0.667. The van der Waals surface area contributed by atoms with Crippen LogP contribution in [0.15, 0.2) is 12.4 Å². The molecule has 1 heterocycles. The van der Waals surface area contributed by atoms with Crippen LogP contribution in [0.3, 0.4) is 0 Å². The number of hydrogen-bond donors (Lipinski definition) is 2. The molecule has 17 heavy (non-hydrogen) atoms. The number of carbonyl (C=O) groups is 1. The summed E-state index contributed by atoms with van der Waals surface area (Å²) in [6, 6.07) is 0.397. The van der Waals surface area contributed by atoms with Crippen LogP contribution in [0.25, 0.3) is 0 Å². The van der Waals surface area contributed by atoms with Crippen molar-refractivity contribution in [3.05, 3.63) is 12.4 Å². The monoisotopic (exact) mass is 234 g/mol. The van der Waals surface area contributed by atoms with Gasteiger partial charge in [0.15, 0.2) is 0 Å². The average molecular weight is 234 g/mol. The second-order valence-electron chi connectivity index (χ2n) is 5.32. The molecule has 1 aromatic heterocycles. The van der Waals surface area contributed by atoms with Crippen LogP contribution < -0.4 is 11.1 Å². The van der Waals surface area contributed by atoms with Gasteiger partial charge in [-0.2, -0.15) is 5.10 Å². The van der Waals surface area contributed by atoms with E-state index in [1.807, 2.05) is 0 Å². The number of nitrogens with zero attached hydrogens (tertiary/aromatic N) is 2. The predicted octanol–water partition coefficient (Wildman–Crippen LogP) is 0.770. The maximum absolute atomic E-state index is 11.8. The minimum atomic E-state index is 0.0469. The molecule has 2 bridgehead atoms. The van der Waals surface area contributed by atoms with Crippen molar-refractivity contribution in [1.29, 1.82) is 0 Å². The van der Waals surface area contributed by atoms with Gasteiger partial charge in [0.2, 0.25) is 5.91 Å². The van der Waals surface area contributed by atoms with Crippen molar-refractivity contribution in [3.8, 4) is 0 Å². The van der Waals surface area contributed by atoms with Gasteiger partial charge in [0.25, 0.3) is 0 Å². The van der Waals surface area contributed by atoms with E-state index in [4.69, 9.17) is 5.73 Å². The van der Waals surface area contributed by atoms with E-state index in [0.717, 1.165) is 12.3 Å². The van der Waals surface area contributed by atoms with Gasteiger partial charge < -0.3 is 11.1 Å². The molecule has 0 aliphatic heterocycles. The molecule has 0 spiro atoms. The number of fused-ring (bicyclic) bond motifs is 2. The highest BCUT2D eigenvalue weighted by molar-refractivity contribution is 5.76. The molecule has 5 nitrogen and oxygen atoms in total. The van der Waals surface area contributed by atoms with Gasteiger partial charge >= 0.3 is 0 Å². The van der Waals surface area contributed by atoms with Gasteiger partial charge in [-0.25, -0.2) is 0 Å². The summed E-state index contributed by atoms with van der Waals surface area (Å²) in [5, 5.41) is 7.14. The molecule has 5 heteroatoms. The van der Waals surface area contributed by atoms with Crippen LogP contribution in [0.2, 0.25) is 0 Å². The van der Waals surface area contributed by atoms with Crippen molar-refractivity contribution in [1.82, 2.24) is 15.1 Å². The van der Waals surface area contributed by atoms with E-state index in [9.17, 15) is 4.79 Å². The number of carbonyl (C=O) groups excluding carboxylic acids is 1. The molecule has 1 aromatic rings. The number of nitrogen functional groups attached to an aromatic ring is 1. The lowest BCUT2D eigenvalue weighted by molar-refractivity contribution is -0.122. The lowest BCUT2D eigenvalue weighted by Crippen LogP contribution is -2.40. The van der Waals surface area contributed by atoms with Crippen molar-refractivity contribution in [2.75, 3.05) is 5.73 Å².